The molecular weight excluding hydrogens is 695 g/mol. The minimum Gasteiger partial charge on any atom is -0.535 e. The van der Waals surface area contributed by atoms with Gasteiger partial charge in [-0.05, 0) is 30.0 Å². The second kappa shape index (κ2) is 20.3. The minimum absolute atomic E-state index is 0.00222. The van der Waals surface area contributed by atoms with E-state index in [-0.39, 0.29) is 32.9 Å². The molecule has 292 valence electrons. The number of carbonyl (C=O) groups excluding carboxylic acids is 6. The lowest BCUT2D eigenvalue weighted by Gasteiger charge is -2.44. The molecular formula is C36H51BN2O14. The van der Waals surface area contributed by atoms with Gasteiger partial charge in [0.2, 0.25) is 0 Å². The molecule has 3 heterocycles. The van der Waals surface area contributed by atoms with Crippen molar-refractivity contribution >= 4 is 42.9 Å². The number of fused-ring (bicyclic) bond motifs is 2. The van der Waals surface area contributed by atoms with Gasteiger partial charge < -0.3 is 48.9 Å². The highest BCUT2D eigenvalue weighted by Gasteiger charge is 2.53. The van der Waals surface area contributed by atoms with Gasteiger partial charge in [0.1, 0.15) is 25.4 Å². The Bertz CT molecular complexity index is 1390. The molecule has 0 spiro atoms. The van der Waals surface area contributed by atoms with Gasteiger partial charge >= 0.3 is 42.9 Å². The van der Waals surface area contributed by atoms with E-state index < -0.39 is 85.4 Å². The number of hydrogen-bond acceptors (Lipinski definition) is 15. The lowest BCUT2D eigenvalue weighted by molar-refractivity contribution is -0.316. The molecule has 17 heteroatoms. The summed E-state index contributed by atoms with van der Waals surface area (Å²) in [4.78, 5) is 74.5. The van der Waals surface area contributed by atoms with E-state index in [4.69, 9.17) is 43.5 Å². The van der Waals surface area contributed by atoms with Gasteiger partial charge in [0.15, 0.2) is 24.6 Å². The topological polar surface area (TPSA) is 214 Å². The summed E-state index contributed by atoms with van der Waals surface area (Å²) in [5.41, 5.74) is 7.13. The van der Waals surface area contributed by atoms with Gasteiger partial charge in [-0.1, -0.05) is 68.9 Å². The van der Waals surface area contributed by atoms with Crippen LogP contribution in [0.15, 0.2) is 30.3 Å². The van der Waals surface area contributed by atoms with Gasteiger partial charge in [0, 0.05) is 34.2 Å². The fourth-order valence-corrected chi connectivity index (χ4v) is 7.19. The molecule has 1 aromatic carbocycles. The van der Waals surface area contributed by atoms with E-state index in [0.717, 1.165) is 71.8 Å². The summed E-state index contributed by atoms with van der Waals surface area (Å²) in [6.45, 7) is 3.69. The maximum absolute atomic E-state index is 13.3. The van der Waals surface area contributed by atoms with Crippen molar-refractivity contribution in [2.45, 2.75) is 140 Å². The number of rotatable bonds is 16. The zero-order valence-electron chi connectivity index (χ0n) is 30.7. The van der Waals surface area contributed by atoms with Crippen LogP contribution in [0.3, 0.4) is 0 Å². The number of esters is 4. The van der Waals surface area contributed by atoms with Crippen LogP contribution in [0.4, 0.5) is 4.79 Å². The molecule has 0 aromatic heterocycles. The number of benzene rings is 1. The average Bonchev–Trinajstić information content (AvgIpc) is 3.09. The molecule has 1 aromatic rings. The minimum atomic E-state index is -1.52. The summed E-state index contributed by atoms with van der Waals surface area (Å²) in [5, 5.41) is 2.64. The second-order valence-corrected chi connectivity index (χ2v) is 13.7. The van der Waals surface area contributed by atoms with Gasteiger partial charge in [-0.25, -0.2) is 4.79 Å². The fourth-order valence-electron chi connectivity index (χ4n) is 7.19. The van der Waals surface area contributed by atoms with Crippen molar-refractivity contribution < 1.29 is 66.6 Å². The van der Waals surface area contributed by atoms with Gasteiger partial charge in [0.25, 0.3) is 0 Å². The molecule has 0 radical (unpaired) electrons. The van der Waals surface area contributed by atoms with Crippen molar-refractivity contribution in [1.29, 1.82) is 0 Å². The Hall–Kier alpha value is -4.22. The third kappa shape index (κ3) is 13.0. The van der Waals surface area contributed by atoms with Crippen LogP contribution in [-0.2, 0) is 68.4 Å². The third-order valence-electron chi connectivity index (χ3n) is 9.55. The fraction of sp³-hybridized carbons (Fsp3) is 0.667. The monoisotopic (exact) mass is 746 g/mol. The lowest BCUT2D eigenvalue weighted by Crippen LogP contribution is -2.63. The molecule has 0 saturated carbocycles. The number of carbonyl (C=O) groups is 6. The number of nitrogens with one attached hydrogen (secondary N) is 1. The summed E-state index contributed by atoms with van der Waals surface area (Å²) in [6.07, 6.45) is -2.40. The molecule has 3 fully saturated rings. The number of hydrogen-bond donors (Lipinski definition) is 2. The molecule has 2 bridgehead atoms. The summed E-state index contributed by atoms with van der Waals surface area (Å²) in [6, 6.07) is 8.02. The van der Waals surface area contributed by atoms with Gasteiger partial charge in [-0.3, -0.25) is 24.0 Å². The van der Waals surface area contributed by atoms with Crippen LogP contribution in [-0.4, -0.2) is 98.9 Å². The Morgan fingerprint density at radius 2 is 1.38 bits per heavy atom. The first kappa shape index (κ1) is 41.5. The Morgan fingerprint density at radius 1 is 0.792 bits per heavy atom. The molecule has 3 aliphatic rings. The normalized spacial score (nSPS) is 26.2. The van der Waals surface area contributed by atoms with Crippen molar-refractivity contribution in [2.75, 3.05) is 13.2 Å². The number of ether oxygens (including phenoxy) is 7. The van der Waals surface area contributed by atoms with E-state index in [1.54, 1.807) is 12.1 Å². The SMILES string of the molecule is CC(=O)OC[C@H]1O[C@@H](O[C@H](CC[C@H](N)C(=O)OB2C3CCCC2CCC3)CNC(=O)OCc2ccccc2)[C@H](OC(C)=O)[C@@H](OC(C)=O)[C@H]1OC(C)=O. The molecule has 3 N–H and O–H groups in total. The van der Waals surface area contributed by atoms with E-state index in [2.05, 4.69) is 5.32 Å². The van der Waals surface area contributed by atoms with Crippen LogP contribution in [0.2, 0.25) is 11.6 Å². The molecule has 7 atom stereocenters. The zero-order chi connectivity index (χ0) is 38.5. The van der Waals surface area contributed by atoms with E-state index in [0.29, 0.717) is 11.6 Å². The van der Waals surface area contributed by atoms with E-state index in [9.17, 15) is 28.8 Å². The standard InChI is InChI=1S/C36H51BN2O14/c1-21(40)46-20-30-31(48-22(2)41)32(49-23(3)42)33(50-24(4)43)35(52-30)51-28(18-39-36(45)47-19-25-10-6-5-7-11-25)16-17-29(38)34(44)53-37-26-12-8-13-27(37)15-9-14-26/h5-7,10-11,26-33,35H,8-9,12-20,38H2,1-4H3,(H,39,45)/t26?,27?,28-,29+,30-,31+,32+,33-,35-/m1/s1. The van der Waals surface area contributed by atoms with Crippen LogP contribution in [0.25, 0.3) is 0 Å². The molecule has 4 rings (SSSR count). The quantitative estimate of drug-likeness (QED) is 0.141. The van der Waals surface area contributed by atoms with Crippen molar-refractivity contribution in [3.8, 4) is 0 Å². The molecule has 16 nitrogen and oxygen atoms in total. The predicted molar refractivity (Wildman–Crippen MR) is 186 cm³/mol. The summed E-state index contributed by atoms with van der Waals surface area (Å²) in [5.74, 6) is -2.95. The highest BCUT2D eigenvalue weighted by Crippen LogP contribution is 2.46. The maximum Gasteiger partial charge on any atom is 0.407 e. The van der Waals surface area contributed by atoms with Gasteiger partial charge in [-0.2, -0.15) is 0 Å². The van der Waals surface area contributed by atoms with Crippen molar-refractivity contribution in [3.63, 3.8) is 0 Å². The highest BCUT2D eigenvalue weighted by molar-refractivity contribution is 6.57. The largest absolute Gasteiger partial charge is 0.535 e. The van der Waals surface area contributed by atoms with Crippen molar-refractivity contribution in [1.82, 2.24) is 5.32 Å². The Balaban J connectivity index is 1.53. The van der Waals surface area contributed by atoms with Gasteiger partial charge in [0.05, 0.1) is 6.10 Å². The Labute approximate surface area is 309 Å². The first-order valence-electron chi connectivity index (χ1n) is 18.2. The number of nitrogens with two attached hydrogens (primary N) is 1. The van der Waals surface area contributed by atoms with Crippen molar-refractivity contribution in [3.05, 3.63) is 35.9 Å². The maximum atomic E-state index is 13.3. The third-order valence-corrected chi connectivity index (χ3v) is 9.55. The van der Waals surface area contributed by atoms with Crippen LogP contribution < -0.4 is 11.1 Å². The number of amides is 1. The molecule has 3 saturated heterocycles. The van der Waals surface area contributed by atoms with Crippen molar-refractivity contribution in [2.24, 2.45) is 5.73 Å². The summed E-state index contributed by atoms with van der Waals surface area (Å²) < 4.78 is 45.4. The van der Waals surface area contributed by atoms with Gasteiger partial charge in [-0.15, -0.1) is 0 Å². The Morgan fingerprint density at radius 3 is 1.96 bits per heavy atom. The highest BCUT2D eigenvalue weighted by atomic mass is 16.7. The molecule has 53 heavy (non-hydrogen) atoms. The van der Waals surface area contributed by atoms with Crippen LogP contribution >= 0.6 is 0 Å². The molecule has 0 unspecified atom stereocenters. The van der Waals surface area contributed by atoms with E-state index in [1.165, 1.54) is 0 Å². The zero-order valence-corrected chi connectivity index (χ0v) is 30.7. The first-order chi connectivity index (χ1) is 25.3. The summed E-state index contributed by atoms with van der Waals surface area (Å²) >= 11 is 0. The molecule has 1 amide bonds. The molecule has 0 aliphatic carbocycles. The predicted octanol–water partition coefficient (Wildman–Crippen LogP) is 3.13. The number of alkyl carbamates (subject to hydrolysis) is 1. The summed E-state index contributed by atoms with van der Waals surface area (Å²) in [7, 11) is 0. The lowest BCUT2D eigenvalue weighted by atomic mass is 9.38. The average molecular weight is 747 g/mol. The van der Waals surface area contributed by atoms with Crippen LogP contribution in [0.1, 0.15) is 84.6 Å². The Kier molecular flexibility index (Phi) is 15.9. The molecule has 3 aliphatic heterocycles. The first-order valence-corrected chi connectivity index (χ1v) is 18.2. The smallest absolute Gasteiger partial charge is 0.407 e. The van der Waals surface area contributed by atoms with Crippen LogP contribution in [0.5, 0.6) is 0 Å². The van der Waals surface area contributed by atoms with E-state index >= 15 is 0 Å². The second-order valence-electron chi connectivity index (χ2n) is 13.7. The van der Waals surface area contributed by atoms with Crippen LogP contribution in [0, 0.1) is 0 Å². The van der Waals surface area contributed by atoms with E-state index in [1.807, 2.05) is 18.2 Å².